The molecule has 3 atom stereocenters. The zero-order valence-electron chi connectivity index (χ0n) is 17.0. The number of hydrogen-bond acceptors (Lipinski definition) is 7. The Kier molecular flexibility index (Phi) is 4.10. The lowest BCUT2D eigenvalue weighted by atomic mass is 9.80. The highest BCUT2D eigenvalue weighted by atomic mass is 16.5. The van der Waals surface area contributed by atoms with Gasteiger partial charge in [-0.1, -0.05) is 6.58 Å². The van der Waals surface area contributed by atoms with Crippen molar-refractivity contribution in [3.05, 3.63) is 47.0 Å². The first-order valence-electron chi connectivity index (χ1n) is 9.73. The first-order valence-corrected chi connectivity index (χ1v) is 9.73. The molecule has 0 aliphatic carbocycles. The molecule has 3 heterocycles. The highest BCUT2D eigenvalue weighted by Gasteiger charge is 2.47. The Bertz CT molecular complexity index is 1090. The zero-order chi connectivity index (χ0) is 21.2. The van der Waals surface area contributed by atoms with Gasteiger partial charge in [-0.25, -0.2) is 0 Å². The number of methoxy groups -OCH3 is 2. The van der Waals surface area contributed by atoms with Crippen LogP contribution in [0, 0.1) is 0 Å². The zero-order valence-corrected chi connectivity index (χ0v) is 17.0. The van der Waals surface area contributed by atoms with Gasteiger partial charge in [-0.15, -0.1) is 0 Å². The van der Waals surface area contributed by atoms with Crippen molar-refractivity contribution >= 4 is 5.78 Å². The molecule has 0 fully saturated rings. The van der Waals surface area contributed by atoms with Gasteiger partial charge in [0.1, 0.15) is 47.4 Å². The van der Waals surface area contributed by atoms with Gasteiger partial charge in [0.2, 0.25) is 0 Å². The van der Waals surface area contributed by atoms with Crippen molar-refractivity contribution < 1.29 is 33.6 Å². The van der Waals surface area contributed by atoms with Crippen LogP contribution in [-0.4, -0.2) is 43.9 Å². The van der Waals surface area contributed by atoms with Crippen molar-refractivity contribution in [2.45, 2.75) is 31.5 Å². The average molecular weight is 410 g/mol. The summed E-state index contributed by atoms with van der Waals surface area (Å²) in [5.41, 5.74) is 2.48. The van der Waals surface area contributed by atoms with E-state index in [1.807, 2.05) is 6.92 Å². The summed E-state index contributed by atoms with van der Waals surface area (Å²) in [7, 11) is 3.08. The summed E-state index contributed by atoms with van der Waals surface area (Å²) in [5.74, 6) is 1.48. The number of carbonyl (C=O) groups excluding carboxylic acids is 1. The third-order valence-corrected chi connectivity index (χ3v) is 5.95. The van der Waals surface area contributed by atoms with Crippen molar-refractivity contribution in [3.8, 4) is 34.5 Å². The number of Topliss-reactive ketones (excluding diaryl/α,β-unsaturated/α-hetero) is 1. The van der Waals surface area contributed by atoms with Gasteiger partial charge in [-0.2, -0.15) is 0 Å². The number of carbonyl (C=O) groups is 1. The third-order valence-electron chi connectivity index (χ3n) is 5.95. The van der Waals surface area contributed by atoms with Crippen LogP contribution >= 0.6 is 0 Å². The molecule has 5 rings (SSSR count). The summed E-state index contributed by atoms with van der Waals surface area (Å²) in [6.07, 6.45) is -0.187. The van der Waals surface area contributed by atoms with E-state index in [-0.39, 0.29) is 29.8 Å². The van der Waals surface area contributed by atoms with E-state index in [4.69, 9.17) is 23.7 Å². The van der Waals surface area contributed by atoms with Crippen LogP contribution in [0.5, 0.6) is 34.5 Å². The maximum absolute atomic E-state index is 13.6. The Labute approximate surface area is 173 Å². The summed E-state index contributed by atoms with van der Waals surface area (Å²) in [6.45, 7) is 6.04. The molecule has 0 spiro atoms. The van der Waals surface area contributed by atoms with Crippen molar-refractivity contribution in [2.75, 3.05) is 20.8 Å². The molecule has 0 saturated heterocycles. The number of ether oxygens (including phenoxy) is 5. The predicted octanol–water partition coefficient (Wildman–Crippen LogP) is 3.41. The molecule has 30 heavy (non-hydrogen) atoms. The van der Waals surface area contributed by atoms with E-state index in [1.54, 1.807) is 19.2 Å². The van der Waals surface area contributed by atoms with E-state index in [2.05, 4.69) is 6.58 Å². The molecule has 3 aliphatic rings. The van der Waals surface area contributed by atoms with Gasteiger partial charge in [-0.05, 0) is 18.6 Å². The maximum atomic E-state index is 13.6. The quantitative estimate of drug-likeness (QED) is 0.777. The summed E-state index contributed by atoms with van der Waals surface area (Å²) in [4.78, 5) is 13.6. The molecule has 0 saturated carbocycles. The third kappa shape index (κ3) is 2.54. The van der Waals surface area contributed by atoms with Crippen LogP contribution in [0.3, 0.4) is 0 Å². The van der Waals surface area contributed by atoms with Crippen LogP contribution < -0.4 is 23.7 Å². The molecule has 7 nitrogen and oxygen atoms in total. The molecule has 0 unspecified atom stereocenters. The first kappa shape index (κ1) is 18.7. The molecular weight excluding hydrogens is 388 g/mol. The largest absolute Gasteiger partial charge is 0.507 e. The van der Waals surface area contributed by atoms with Crippen LogP contribution in [0.25, 0.3) is 0 Å². The maximum Gasteiger partial charge on any atom is 0.181 e. The lowest BCUT2D eigenvalue weighted by Crippen LogP contribution is -2.43. The van der Waals surface area contributed by atoms with Crippen molar-refractivity contribution in [1.82, 2.24) is 0 Å². The molecule has 0 bridgehead atoms. The number of aromatic hydroxyl groups is 1. The molecule has 156 valence electrons. The van der Waals surface area contributed by atoms with Crippen molar-refractivity contribution in [1.29, 1.82) is 0 Å². The smallest absolute Gasteiger partial charge is 0.181 e. The SMILES string of the molecule is C=C(C)[C@@H]1Cc2c(cc(O)c3c2O[C@@H]2COc4cc(OC)c(OC)cc4[C@@H]2C3=O)O1. The lowest BCUT2D eigenvalue weighted by Gasteiger charge is -2.37. The van der Waals surface area contributed by atoms with Crippen molar-refractivity contribution in [2.24, 2.45) is 0 Å². The van der Waals surface area contributed by atoms with Gasteiger partial charge >= 0.3 is 0 Å². The molecule has 0 aromatic heterocycles. The van der Waals surface area contributed by atoms with E-state index >= 15 is 0 Å². The van der Waals surface area contributed by atoms with E-state index < -0.39 is 12.0 Å². The number of phenolic OH excluding ortho intramolecular Hbond substituents is 1. The van der Waals surface area contributed by atoms with Gasteiger partial charge in [0, 0.05) is 29.7 Å². The van der Waals surface area contributed by atoms with Crippen LogP contribution in [0.2, 0.25) is 0 Å². The van der Waals surface area contributed by atoms with Crippen LogP contribution in [0.4, 0.5) is 0 Å². The minimum atomic E-state index is -0.621. The standard InChI is InChI=1S/C23H22O7/c1-10(2)14-6-12-16(29-14)7-13(24)21-22(25)20-11-5-17(26-3)18(27-4)8-15(11)28-9-19(20)30-23(12)21/h5,7-8,14,19-20,24H,1,6,9H2,2-4H3/t14-,19+,20-/m0/s1. The molecule has 3 aliphatic heterocycles. The Hall–Kier alpha value is -3.35. The van der Waals surface area contributed by atoms with E-state index in [0.29, 0.717) is 40.7 Å². The highest BCUT2D eigenvalue weighted by Crippen LogP contribution is 2.52. The number of ketones is 1. The second kappa shape index (κ2) is 6.58. The Morgan fingerprint density at radius 3 is 2.57 bits per heavy atom. The van der Waals surface area contributed by atoms with Crippen molar-refractivity contribution in [3.63, 3.8) is 0 Å². The van der Waals surface area contributed by atoms with Gasteiger partial charge in [0.15, 0.2) is 17.3 Å². The molecule has 2 aromatic carbocycles. The highest BCUT2D eigenvalue weighted by molar-refractivity contribution is 6.08. The fourth-order valence-electron chi connectivity index (χ4n) is 4.42. The van der Waals surface area contributed by atoms with Gasteiger partial charge < -0.3 is 28.8 Å². The van der Waals surface area contributed by atoms with Crippen LogP contribution in [-0.2, 0) is 6.42 Å². The number of rotatable bonds is 3. The Morgan fingerprint density at radius 1 is 1.13 bits per heavy atom. The molecule has 0 amide bonds. The first-order chi connectivity index (χ1) is 14.4. The number of hydrogen-bond donors (Lipinski definition) is 1. The van der Waals surface area contributed by atoms with Gasteiger partial charge in [0.05, 0.1) is 20.1 Å². The number of phenols is 1. The van der Waals surface area contributed by atoms with Crippen LogP contribution in [0.1, 0.15) is 34.3 Å². The second-order valence-corrected chi connectivity index (χ2v) is 7.79. The molecule has 2 aromatic rings. The summed E-state index contributed by atoms with van der Waals surface area (Å²) in [6, 6.07) is 4.94. The molecule has 7 heteroatoms. The summed E-state index contributed by atoms with van der Waals surface area (Å²) in [5, 5.41) is 10.7. The average Bonchev–Trinajstić information content (AvgIpc) is 3.16. The second-order valence-electron chi connectivity index (χ2n) is 7.79. The number of benzene rings is 2. The van der Waals surface area contributed by atoms with Crippen LogP contribution in [0.15, 0.2) is 30.4 Å². The van der Waals surface area contributed by atoms with E-state index in [9.17, 15) is 9.90 Å². The molecule has 1 N–H and O–H groups in total. The molecule has 0 radical (unpaired) electrons. The summed E-state index contributed by atoms with van der Waals surface area (Å²) < 4.78 is 28.8. The van der Waals surface area contributed by atoms with E-state index in [0.717, 1.165) is 11.1 Å². The lowest BCUT2D eigenvalue weighted by molar-refractivity contribution is 0.0549. The summed E-state index contributed by atoms with van der Waals surface area (Å²) >= 11 is 0. The fourth-order valence-corrected chi connectivity index (χ4v) is 4.42. The Morgan fingerprint density at radius 2 is 1.87 bits per heavy atom. The fraction of sp³-hybridized carbons (Fsp3) is 0.348. The Balaban J connectivity index is 1.62. The van der Waals surface area contributed by atoms with Gasteiger partial charge in [0.25, 0.3) is 0 Å². The normalized spacial score (nSPS) is 23.0. The topological polar surface area (TPSA) is 83.5 Å². The minimum absolute atomic E-state index is 0.150. The monoisotopic (exact) mass is 410 g/mol. The minimum Gasteiger partial charge on any atom is -0.507 e. The number of fused-ring (bicyclic) bond motifs is 6. The van der Waals surface area contributed by atoms with E-state index in [1.165, 1.54) is 13.2 Å². The van der Waals surface area contributed by atoms with Gasteiger partial charge in [-0.3, -0.25) is 4.79 Å². The predicted molar refractivity (Wildman–Crippen MR) is 108 cm³/mol. The molecular formula is C23H22O7.